The third-order valence-corrected chi connectivity index (χ3v) is 3.48. The Balaban J connectivity index is 1.86. The molecular weight excluding hydrogens is 329 g/mol. The van der Waals surface area contributed by atoms with E-state index in [1.165, 1.54) is 32.4 Å². The molecule has 1 amide bonds. The molecule has 2 aromatic carbocycles. The zero-order valence-corrected chi connectivity index (χ0v) is 14.0. The Morgan fingerprint density at radius 1 is 1.12 bits per heavy atom. The molecule has 25 heavy (non-hydrogen) atoms. The summed E-state index contributed by atoms with van der Waals surface area (Å²) in [6, 6.07) is 10.8. The molecule has 7 heteroatoms. The van der Waals surface area contributed by atoms with Gasteiger partial charge in [-0.1, -0.05) is 18.2 Å². The van der Waals surface area contributed by atoms with Gasteiger partial charge in [0.1, 0.15) is 0 Å². The number of carbonyl (C=O) groups is 1. The van der Waals surface area contributed by atoms with Crippen LogP contribution in [-0.2, 0) is 4.79 Å². The van der Waals surface area contributed by atoms with Gasteiger partial charge in [0.2, 0.25) is 0 Å². The van der Waals surface area contributed by atoms with Crippen LogP contribution in [0.4, 0.5) is 4.39 Å². The first-order chi connectivity index (χ1) is 12.0. The summed E-state index contributed by atoms with van der Waals surface area (Å²) < 4.78 is 28.8. The Bertz CT molecular complexity index is 722. The fraction of sp³-hybridized carbons (Fsp3) is 0.278. The van der Waals surface area contributed by atoms with Gasteiger partial charge in [0.05, 0.1) is 20.3 Å². The number of hydrogen-bond acceptors (Lipinski definition) is 5. The SMILES string of the molecule is COc1ccc([C@H](O)CNC(=O)COc2ccccc2F)cc1OC. The highest BCUT2D eigenvalue weighted by Crippen LogP contribution is 2.29. The number of hydrogen-bond donors (Lipinski definition) is 2. The molecule has 0 saturated carbocycles. The Labute approximate surface area is 145 Å². The molecule has 0 saturated heterocycles. The molecule has 2 N–H and O–H groups in total. The number of methoxy groups -OCH3 is 2. The lowest BCUT2D eigenvalue weighted by Gasteiger charge is -2.15. The molecule has 2 aromatic rings. The topological polar surface area (TPSA) is 77.0 Å². The lowest BCUT2D eigenvalue weighted by Crippen LogP contribution is -2.32. The van der Waals surface area contributed by atoms with Crippen LogP contribution in [0.2, 0.25) is 0 Å². The summed E-state index contributed by atoms with van der Waals surface area (Å²) in [5, 5.41) is 12.7. The fourth-order valence-corrected chi connectivity index (χ4v) is 2.14. The summed E-state index contributed by atoms with van der Waals surface area (Å²) in [7, 11) is 3.01. The maximum Gasteiger partial charge on any atom is 0.258 e. The van der Waals surface area contributed by atoms with Crippen molar-refractivity contribution in [3.05, 3.63) is 53.8 Å². The molecule has 6 nitrogen and oxygen atoms in total. The number of carbonyl (C=O) groups excluding carboxylic acids is 1. The summed E-state index contributed by atoms with van der Waals surface area (Å²) >= 11 is 0. The van der Waals surface area contributed by atoms with Crippen LogP contribution in [0, 0.1) is 5.82 Å². The number of halogens is 1. The van der Waals surface area contributed by atoms with Crippen LogP contribution < -0.4 is 19.5 Å². The molecule has 0 aliphatic heterocycles. The van der Waals surface area contributed by atoms with Gasteiger partial charge in [0, 0.05) is 6.54 Å². The van der Waals surface area contributed by atoms with Crippen molar-refractivity contribution in [1.29, 1.82) is 0 Å². The standard InChI is InChI=1S/C18H20FNO5/c1-23-16-8-7-12(9-17(16)24-2)14(21)10-20-18(22)11-25-15-6-4-3-5-13(15)19/h3-9,14,21H,10-11H2,1-2H3,(H,20,22)/t14-/m1/s1. The highest BCUT2D eigenvalue weighted by Gasteiger charge is 2.13. The lowest BCUT2D eigenvalue weighted by atomic mass is 10.1. The molecule has 134 valence electrons. The second-order valence-corrected chi connectivity index (χ2v) is 5.15. The van der Waals surface area contributed by atoms with Crippen LogP contribution in [0.25, 0.3) is 0 Å². The summed E-state index contributed by atoms with van der Waals surface area (Å²) in [5.41, 5.74) is 0.563. The van der Waals surface area contributed by atoms with E-state index in [1.807, 2.05) is 0 Å². The monoisotopic (exact) mass is 349 g/mol. The van der Waals surface area contributed by atoms with Crippen LogP contribution in [-0.4, -0.2) is 38.4 Å². The minimum atomic E-state index is -0.933. The number of benzene rings is 2. The van der Waals surface area contributed by atoms with Gasteiger partial charge in [-0.25, -0.2) is 4.39 Å². The van der Waals surface area contributed by atoms with E-state index in [0.29, 0.717) is 17.1 Å². The molecule has 0 aliphatic carbocycles. The minimum absolute atomic E-state index is 0.00177. The van der Waals surface area contributed by atoms with Gasteiger partial charge in [-0.05, 0) is 29.8 Å². The number of amides is 1. The van der Waals surface area contributed by atoms with Crippen molar-refractivity contribution in [2.24, 2.45) is 0 Å². The average molecular weight is 349 g/mol. The maximum absolute atomic E-state index is 13.4. The van der Waals surface area contributed by atoms with Gasteiger partial charge < -0.3 is 24.6 Å². The number of rotatable bonds is 8. The van der Waals surface area contributed by atoms with Crippen molar-refractivity contribution in [3.8, 4) is 17.2 Å². The lowest BCUT2D eigenvalue weighted by molar-refractivity contribution is -0.123. The summed E-state index contributed by atoms with van der Waals surface area (Å²) in [6.07, 6.45) is -0.933. The van der Waals surface area contributed by atoms with E-state index in [2.05, 4.69) is 5.32 Å². The fourth-order valence-electron chi connectivity index (χ4n) is 2.14. The molecule has 0 spiro atoms. The van der Waals surface area contributed by atoms with Gasteiger partial charge in [-0.2, -0.15) is 0 Å². The van der Waals surface area contributed by atoms with E-state index in [1.54, 1.807) is 24.3 Å². The Kier molecular flexibility index (Phi) is 6.59. The second kappa shape index (κ2) is 8.89. The smallest absolute Gasteiger partial charge is 0.258 e. The van der Waals surface area contributed by atoms with Gasteiger partial charge in [0.15, 0.2) is 29.7 Å². The number of ether oxygens (including phenoxy) is 3. The first kappa shape index (κ1) is 18.5. The summed E-state index contributed by atoms with van der Waals surface area (Å²) in [6.45, 7) is -0.367. The van der Waals surface area contributed by atoms with Gasteiger partial charge in [-0.15, -0.1) is 0 Å². The Morgan fingerprint density at radius 3 is 2.52 bits per heavy atom. The van der Waals surface area contributed by atoms with Crippen LogP contribution in [0.1, 0.15) is 11.7 Å². The Morgan fingerprint density at radius 2 is 1.84 bits per heavy atom. The van der Waals surface area contributed by atoms with Crippen molar-refractivity contribution < 1.29 is 28.5 Å². The molecular formula is C18H20FNO5. The predicted octanol–water partition coefficient (Wildman–Crippen LogP) is 2.07. The average Bonchev–Trinajstić information content (AvgIpc) is 2.64. The van der Waals surface area contributed by atoms with Crippen molar-refractivity contribution >= 4 is 5.91 Å². The molecule has 0 bridgehead atoms. The Hall–Kier alpha value is -2.80. The third kappa shape index (κ3) is 5.09. The third-order valence-electron chi connectivity index (χ3n) is 3.48. The number of aliphatic hydroxyl groups is 1. The van der Waals surface area contributed by atoms with Crippen molar-refractivity contribution in [2.75, 3.05) is 27.4 Å². The normalized spacial score (nSPS) is 11.5. The molecule has 0 aromatic heterocycles. The van der Waals surface area contributed by atoms with E-state index >= 15 is 0 Å². The number of nitrogens with one attached hydrogen (secondary N) is 1. The number of aliphatic hydroxyl groups excluding tert-OH is 1. The highest BCUT2D eigenvalue weighted by molar-refractivity contribution is 5.77. The van der Waals surface area contributed by atoms with E-state index in [-0.39, 0.29) is 18.9 Å². The quantitative estimate of drug-likeness (QED) is 0.763. The molecule has 0 unspecified atom stereocenters. The van der Waals surface area contributed by atoms with E-state index in [9.17, 15) is 14.3 Å². The minimum Gasteiger partial charge on any atom is -0.493 e. The van der Waals surface area contributed by atoms with Crippen LogP contribution in [0.3, 0.4) is 0 Å². The predicted molar refractivity (Wildman–Crippen MR) is 89.4 cm³/mol. The maximum atomic E-state index is 13.4. The van der Waals surface area contributed by atoms with Crippen LogP contribution in [0.15, 0.2) is 42.5 Å². The molecule has 0 radical (unpaired) electrons. The first-order valence-electron chi connectivity index (χ1n) is 7.59. The summed E-state index contributed by atoms with van der Waals surface area (Å²) in [4.78, 5) is 11.8. The first-order valence-corrected chi connectivity index (χ1v) is 7.59. The molecule has 0 heterocycles. The molecule has 1 atom stereocenters. The summed E-state index contributed by atoms with van der Waals surface area (Å²) in [5.74, 6) is 0.00978. The van der Waals surface area contributed by atoms with E-state index < -0.39 is 17.8 Å². The zero-order chi connectivity index (χ0) is 18.2. The van der Waals surface area contributed by atoms with E-state index in [0.717, 1.165) is 0 Å². The molecule has 2 rings (SSSR count). The van der Waals surface area contributed by atoms with Gasteiger partial charge in [0.25, 0.3) is 5.91 Å². The molecule has 0 aliphatic rings. The van der Waals surface area contributed by atoms with Gasteiger partial charge >= 0.3 is 0 Å². The van der Waals surface area contributed by atoms with Crippen molar-refractivity contribution in [2.45, 2.75) is 6.10 Å². The largest absolute Gasteiger partial charge is 0.493 e. The van der Waals surface area contributed by atoms with Crippen molar-refractivity contribution in [1.82, 2.24) is 5.32 Å². The van der Waals surface area contributed by atoms with Crippen LogP contribution >= 0.6 is 0 Å². The molecule has 0 fully saturated rings. The second-order valence-electron chi connectivity index (χ2n) is 5.15. The van der Waals surface area contributed by atoms with E-state index in [4.69, 9.17) is 14.2 Å². The zero-order valence-electron chi connectivity index (χ0n) is 14.0. The number of para-hydroxylation sites is 1. The highest BCUT2D eigenvalue weighted by atomic mass is 19.1. The van der Waals surface area contributed by atoms with Crippen LogP contribution in [0.5, 0.6) is 17.2 Å². The van der Waals surface area contributed by atoms with Gasteiger partial charge in [-0.3, -0.25) is 4.79 Å². The van der Waals surface area contributed by atoms with Crippen molar-refractivity contribution in [3.63, 3.8) is 0 Å².